The van der Waals surface area contributed by atoms with Crippen molar-refractivity contribution in [1.82, 2.24) is 9.88 Å². The number of morpholine rings is 1. The molecule has 3 rings (SSSR count). The first kappa shape index (κ1) is 17.3. The number of carbonyl (C=O) groups is 1. The van der Waals surface area contributed by atoms with Crippen molar-refractivity contribution in [3.63, 3.8) is 0 Å². The van der Waals surface area contributed by atoms with Gasteiger partial charge in [-0.2, -0.15) is 0 Å². The summed E-state index contributed by atoms with van der Waals surface area (Å²) < 4.78 is 7.45. The molecule has 0 saturated carbocycles. The van der Waals surface area contributed by atoms with Gasteiger partial charge in [0.05, 0.1) is 19.8 Å². The minimum absolute atomic E-state index is 0.0869. The number of aromatic nitrogens is 1. The van der Waals surface area contributed by atoms with Crippen LogP contribution in [0.3, 0.4) is 0 Å². The van der Waals surface area contributed by atoms with Crippen LogP contribution in [-0.4, -0.2) is 36.8 Å². The Morgan fingerprint density at radius 1 is 1.16 bits per heavy atom. The van der Waals surface area contributed by atoms with Crippen LogP contribution in [0.4, 0.5) is 5.69 Å². The largest absolute Gasteiger partial charge is 0.378 e. The molecule has 132 valence electrons. The first-order chi connectivity index (χ1) is 12.1. The summed E-state index contributed by atoms with van der Waals surface area (Å²) in [6.07, 6.45) is 3.42. The van der Waals surface area contributed by atoms with E-state index >= 15 is 0 Å². The molecule has 1 aliphatic heterocycles. The molecule has 0 spiro atoms. The lowest BCUT2D eigenvalue weighted by Crippen LogP contribution is -2.36. The first-order valence-corrected chi connectivity index (χ1v) is 8.63. The molecule has 1 aliphatic rings. The van der Waals surface area contributed by atoms with E-state index in [2.05, 4.69) is 26.9 Å². The molecule has 1 aromatic heterocycles. The van der Waals surface area contributed by atoms with E-state index in [-0.39, 0.29) is 5.91 Å². The molecule has 0 bridgehead atoms. The summed E-state index contributed by atoms with van der Waals surface area (Å²) in [5.74, 6) is -0.0869. The van der Waals surface area contributed by atoms with Crippen molar-refractivity contribution in [3.8, 4) is 0 Å². The highest BCUT2D eigenvalue weighted by atomic mass is 16.5. The molecule has 2 aromatic rings. The number of anilines is 1. The molecule has 0 unspecified atom stereocenters. The van der Waals surface area contributed by atoms with Crippen LogP contribution in [-0.2, 0) is 23.1 Å². The van der Waals surface area contributed by atoms with Gasteiger partial charge in [-0.05, 0) is 42.8 Å². The van der Waals surface area contributed by atoms with Gasteiger partial charge in [-0.1, -0.05) is 12.1 Å². The van der Waals surface area contributed by atoms with Crippen molar-refractivity contribution in [1.29, 1.82) is 0 Å². The Morgan fingerprint density at radius 2 is 1.88 bits per heavy atom. The third-order valence-electron chi connectivity index (χ3n) is 4.62. The standard InChI is InChI=1S/C20H25N3O2/c1-16-3-7-19(22(16)2)15-21-20(24)10-6-17-4-8-18(9-5-17)23-11-13-25-14-12-23/h3-10H,11-15H2,1-2H3,(H,21,24)/b10-6-. The third kappa shape index (κ3) is 4.51. The highest BCUT2D eigenvalue weighted by Gasteiger charge is 2.10. The molecule has 2 heterocycles. The van der Waals surface area contributed by atoms with E-state index in [9.17, 15) is 4.79 Å². The Hall–Kier alpha value is -2.53. The summed E-state index contributed by atoms with van der Waals surface area (Å²) in [7, 11) is 2.00. The molecule has 0 radical (unpaired) electrons. The van der Waals surface area contributed by atoms with E-state index < -0.39 is 0 Å². The topological polar surface area (TPSA) is 46.5 Å². The summed E-state index contributed by atoms with van der Waals surface area (Å²) in [5.41, 5.74) is 4.49. The third-order valence-corrected chi connectivity index (χ3v) is 4.62. The fraction of sp³-hybridized carbons (Fsp3) is 0.350. The predicted molar refractivity (Wildman–Crippen MR) is 101 cm³/mol. The van der Waals surface area contributed by atoms with E-state index in [0.717, 1.165) is 37.6 Å². The zero-order chi connectivity index (χ0) is 17.6. The van der Waals surface area contributed by atoms with Gasteiger partial charge in [0.25, 0.3) is 0 Å². The number of hydrogen-bond acceptors (Lipinski definition) is 3. The van der Waals surface area contributed by atoms with Crippen molar-refractivity contribution in [2.24, 2.45) is 7.05 Å². The SMILES string of the molecule is Cc1ccc(CNC(=O)/C=C\c2ccc(N3CCOCC3)cc2)n1C. The van der Waals surface area contributed by atoms with Crippen molar-refractivity contribution in [3.05, 3.63) is 59.4 Å². The number of ether oxygens (including phenoxy) is 1. The van der Waals surface area contributed by atoms with Crippen molar-refractivity contribution in [2.45, 2.75) is 13.5 Å². The number of aryl methyl sites for hydroxylation is 1. The quantitative estimate of drug-likeness (QED) is 0.852. The fourth-order valence-electron chi connectivity index (χ4n) is 2.87. The molecule has 5 heteroatoms. The lowest BCUT2D eigenvalue weighted by molar-refractivity contribution is -0.116. The van der Waals surface area contributed by atoms with Crippen LogP contribution in [0.25, 0.3) is 6.08 Å². The second-order valence-electron chi connectivity index (χ2n) is 6.27. The van der Waals surface area contributed by atoms with Crippen molar-refractivity contribution < 1.29 is 9.53 Å². The molecule has 25 heavy (non-hydrogen) atoms. The number of hydrogen-bond donors (Lipinski definition) is 1. The molecule has 1 aromatic carbocycles. The molecule has 1 saturated heterocycles. The Bertz CT molecular complexity index is 741. The zero-order valence-electron chi connectivity index (χ0n) is 14.9. The van der Waals surface area contributed by atoms with Crippen LogP contribution >= 0.6 is 0 Å². The molecule has 1 amide bonds. The van der Waals surface area contributed by atoms with Gasteiger partial charge < -0.3 is 19.5 Å². The smallest absolute Gasteiger partial charge is 0.244 e. The average molecular weight is 339 g/mol. The highest BCUT2D eigenvalue weighted by Crippen LogP contribution is 2.17. The number of nitrogens with one attached hydrogen (secondary N) is 1. The van der Waals surface area contributed by atoms with Gasteiger partial charge in [0.2, 0.25) is 5.91 Å². The van der Waals surface area contributed by atoms with E-state index in [1.807, 2.05) is 44.3 Å². The van der Waals surface area contributed by atoms with Crippen LogP contribution < -0.4 is 10.2 Å². The molecular weight excluding hydrogens is 314 g/mol. The average Bonchev–Trinajstić information content (AvgIpc) is 2.98. The maximum absolute atomic E-state index is 12.0. The maximum Gasteiger partial charge on any atom is 0.244 e. The monoisotopic (exact) mass is 339 g/mol. The lowest BCUT2D eigenvalue weighted by atomic mass is 10.1. The summed E-state index contributed by atoms with van der Waals surface area (Å²) in [5, 5.41) is 2.92. The lowest BCUT2D eigenvalue weighted by Gasteiger charge is -2.28. The van der Waals surface area contributed by atoms with E-state index in [1.54, 1.807) is 6.08 Å². The molecular formula is C20H25N3O2. The predicted octanol–water partition coefficient (Wildman–Crippen LogP) is 2.50. The van der Waals surface area contributed by atoms with Gasteiger partial charge in [0.1, 0.15) is 0 Å². The Labute approximate surface area is 148 Å². The molecule has 1 N–H and O–H groups in total. The van der Waals surface area contributed by atoms with E-state index in [0.29, 0.717) is 6.54 Å². The van der Waals surface area contributed by atoms with Gasteiger partial charge in [-0.25, -0.2) is 0 Å². The summed E-state index contributed by atoms with van der Waals surface area (Å²) in [6, 6.07) is 12.3. The molecule has 5 nitrogen and oxygen atoms in total. The Kier molecular flexibility index (Phi) is 5.56. The summed E-state index contributed by atoms with van der Waals surface area (Å²) in [6.45, 7) is 5.99. The molecule has 1 fully saturated rings. The van der Waals surface area contributed by atoms with E-state index in [1.165, 1.54) is 11.4 Å². The normalized spacial score (nSPS) is 14.9. The van der Waals surface area contributed by atoms with Crippen LogP contribution in [0.1, 0.15) is 17.0 Å². The minimum atomic E-state index is -0.0869. The minimum Gasteiger partial charge on any atom is -0.378 e. The number of nitrogens with zero attached hydrogens (tertiary/aromatic N) is 2. The van der Waals surface area contributed by atoms with Gasteiger partial charge in [0.15, 0.2) is 0 Å². The number of amides is 1. The highest BCUT2D eigenvalue weighted by molar-refractivity contribution is 5.91. The van der Waals surface area contributed by atoms with Crippen LogP contribution in [0, 0.1) is 6.92 Å². The van der Waals surface area contributed by atoms with Crippen molar-refractivity contribution in [2.75, 3.05) is 31.2 Å². The number of benzene rings is 1. The Morgan fingerprint density at radius 3 is 2.52 bits per heavy atom. The molecule has 0 atom stereocenters. The van der Waals surface area contributed by atoms with Crippen LogP contribution in [0.15, 0.2) is 42.5 Å². The Balaban J connectivity index is 1.52. The zero-order valence-corrected chi connectivity index (χ0v) is 14.9. The molecule has 0 aliphatic carbocycles. The number of carbonyl (C=O) groups excluding carboxylic acids is 1. The van der Waals surface area contributed by atoms with Gasteiger partial charge in [-0.15, -0.1) is 0 Å². The maximum atomic E-state index is 12.0. The fourth-order valence-corrected chi connectivity index (χ4v) is 2.87. The van der Waals surface area contributed by atoms with Crippen LogP contribution in [0.2, 0.25) is 0 Å². The number of rotatable bonds is 5. The summed E-state index contributed by atoms with van der Waals surface area (Å²) in [4.78, 5) is 14.3. The first-order valence-electron chi connectivity index (χ1n) is 8.63. The summed E-state index contributed by atoms with van der Waals surface area (Å²) >= 11 is 0. The van der Waals surface area contributed by atoms with Gasteiger partial charge >= 0.3 is 0 Å². The van der Waals surface area contributed by atoms with Gasteiger partial charge in [-0.3, -0.25) is 4.79 Å². The van der Waals surface area contributed by atoms with Crippen molar-refractivity contribution >= 4 is 17.7 Å². The second-order valence-corrected chi connectivity index (χ2v) is 6.27. The van der Waals surface area contributed by atoms with Gasteiger partial charge in [0, 0.05) is 43.3 Å². The van der Waals surface area contributed by atoms with E-state index in [4.69, 9.17) is 4.74 Å². The second kappa shape index (κ2) is 8.03. The van der Waals surface area contributed by atoms with Crippen LogP contribution in [0.5, 0.6) is 0 Å².